The van der Waals surface area contributed by atoms with E-state index in [1.54, 1.807) is 22.9 Å². The molecule has 2 bridgehead atoms. The third kappa shape index (κ3) is 15.9. The first kappa shape index (κ1) is 65.4. The van der Waals surface area contributed by atoms with Crippen molar-refractivity contribution in [3.63, 3.8) is 0 Å². The number of hydrogen-bond donors (Lipinski definition) is 7. The number of aliphatic hydroxyl groups is 1. The summed E-state index contributed by atoms with van der Waals surface area (Å²) in [6, 6.07) is 3.85. The highest BCUT2D eigenvalue weighted by Crippen LogP contribution is 2.42. The van der Waals surface area contributed by atoms with E-state index in [9.17, 15) is 64.2 Å². The summed E-state index contributed by atoms with van der Waals surface area (Å²) < 4.78 is 160. The van der Waals surface area contributed by atoms with Gasteiger partial charge in [0, 0.05) is 85.7 Å². The molecule has 1 aromatic heterocycles. The van der Waals surface area contributed by atoms with Crippen molar-refractivity contribution >= 4 is 47.5 Å². The van der Waals surface area contributed by atoms with Crippen LogP contribution in [0.4, 0.5) is 59.3 Å². The standard InChI is InChI=1S/C55H64F10N10O9/c1-52(2,54(60,61)62)44(70-50(80)82-5)46(77)69-40(20-31-12-9-30(10-13-31)11-14-32-15-18-43(67-24-32)73-26-35-16-17-36(27-73)75(35)48(79)42-8-7-19-84-42)41(76)29-74(72-47(78)45(71-51(81)83-6)53(3,4)55(63,64)65)28-37-38(56)21-33(22-39(37)57)34(23-66)25-68-49(58)59/h9-10,12-13,15,18,21-25,35-36,40-42,44-45,49,66,68,76H,7-8,16-17,19-20,26-29H2,1-6H3,(H,69,77)(H,70,80)(H,71,81)(H,72,78)/b34-25+,66-23?/t35?,36?,40-,41-,42-,44+,45+/m0/s1. The molecule has 19 nitrogen and oxygen atoms in total. The van der Waals surface area contributed by atoms with Crippen molar-refractivity contribution in [3.8, 4) is 11.8 Å². The Morgan fingerprint density at radius 3 is 1.86 bits per heavy atom. The Bertz CT molecular complexity index is 2910. The fourth-order valence-corrected chi connectivity index (χ4v) is 9.73. The molecule has 458 valence electrons. The van der Waals surface area contributed by atoms with Gasteiger partial charge in [-0.2, -0.15) is 35.1 Å². The van der Waals surface area contributed by atoms with Gasteiger partial charge in [0.2, 0.25) is 5.91 Å². The Hall–Kier alpha value is -7.71. The summed E-state index contributed by atoms with van der Waals surface area (Å²) in [5.74, 6) is 0.450. The molecule has 3 aromatic rings. The molecule has 0 saturated carbocycles. The van der Waals surface area contributed by atoms with Gasteiger partial charge < -0.3 is 55.8 Å². The van der Waals surface area contributed by atoms with E-state index in [1.807, 2.05) is 21.7 Å². The largest absolute Gasteiger partial charge is 0.453 e. The number of methoxy groups -OCH3 is 2. The first-order valence-corrected chi connectivity index (χ1v) is 26.2. The number of piperazine rings is 1. The monoisotopic (exact) mass is 1200 g/mol. The van der Waals surface area contributed by atoms with Gasteiger partial charge in [0.05, 0.1) is 37.2 Å². The SMILES string of the molecule is COC(=O)N[C@H](C(=O)N[C@@H](Cc1ccc(C#Cc2ccc(N3CC4CCC(C3)N4C(=O)[C@@H]3CCCO3)nc2)cc1)[C@@H](O)CN(Cc1c(F)cc(/C(C=N)=C/NC(F)F)cc1F)NC(=O)[C@@H](NC(=O)OC)C(C)(C)C(F)(F)F)C(C)(C)C(F)(F)F. The Labute approximate surface area is 476 Å². The van der Waals surface area contributed by atoms with Gasteiger partial charge >= 0.3 is 31.1 Å². The number of aromatic nitrogens is 1. The van der Waals surface area contributed by atoms with Crippen LogP contribution in [0.15, 0.2) is 60.9 Å². The van der Waals surface area contributed by atoms with Gasteiger partial charge in [0.25, 0.3) is 11.8 Å². The highest BCUT2D eigenvalue weighted by Gasteiger charge is 2.57. The summed E-state index contributed by atoms with van der Waals surface area (Å²) in [6.45, 7) is -1.55. The van der Waals surface area contributed by atoms with Crippen LogP contribution in [-0.4, -0.2) is 158 Å². The number of aliphatic hydroxyl groups excluding tert-OH is 1. The van der Waals surface area contributed by atoms with Gasteiger partial charge in [-0.25, -0.2) is 28.4 Å². The minimum absolute atomic E-state index is 0.0239. The van der Waals surface area contributed by atoms with Gasteiger partial charge in [-0.15, -0.1) is 0 Å². The number of amides is 5. The molecular formula is C55H64F10N10O9. The number of allylic oxidation sites excluding steroid dienone is 1. The number of fused-ring (bicyclic) bond motifs is 2. The summed E-state index contributed by atoms with van der Waals surface area (Å²) in [7, 11) is 1.58. The molecule has 3 aliphatic rings. The van der Waals surface area contributed by atoms with E-state index < -0.39 is 132 Å². The van der Waals surface area contributed by atoms with Crippen molar-refractivity contribution in [2.45, 2.75) is 128 Å². The van der Waals surface area contributed by atoms with E-state index >= 15 is 8.78 Å². The Morgan fingerprint density at radius 2 is 1.37 bits per heavy atom. The molecule has 3 aliphatic heterocycles. The molecule has 7 atom stereocenters. The number of ether oxygens (including phenoxy) is 3. The maximum absolute atomic E-state index is 16.0. The molecule has 2 unspecified atom stereocenters. The van der Waals surface area contributed by atoms with Crippen molar-refractivity contribution in [3.05, 3.63) is 100 Å². The fraction of sp³-hybridized carbons (Fsp3) is 0.509. The van der Waals surface area contributed by atoms with E-state index in [2.05, 4.69) is 36.5 Å². The zero-order valence-corrected chi connectivity index (χ0v) is 46.3. The molecule has 5 amide bonds. The molecule has 0 aliphatic carbocycles. The molecule has 2 aromatic carbocycles. The van der Waals surface area contributed by atoms with Gasteiger partial charge in [-0.1, -0.05) is 24.0 Å². The van der Waals surface area contributed by atoms with Gasteiger partial charge in [0.1, 0.15) is 35.6 Å². The minimum Gasteiger partial charge on any atom is -0.453 e. The first-order valence-electron chi connectivity index (χ1n) is 26.2. The van der Waals surface area contributed by atoms with Crippen molar-refractivity contribution in [1.29, 1.82) is 5.41 Å². The minimum atomic E-state index is -5.25. The van der Waals surface area contributed by atoms with Crippen LogP contribution in [0.25, 0.3) is 5.57 Å². The van der Waals surface area contributed by atoms with Crippen LogP contribution in [0.5, 0.6) is 0 Å². The van der Waals surface area contributed by atoms with Crippen molar-refractivity contribution in [2.24, 2.45) is 10.8 Å². The number of carbonyl (C=O) groups excluding carboxylic acids is 5. The number of anilines is 1. The summed E-state index contributed by atoms with van der Waals surface area (Å²) in [4.78, 5) is 74.9. The van der Waals surface area contributed by atoms with Crippen LogP contribution < -0.4 is 31.6 Å². The molecule has 7 N–H and O–H groups in total. The van der Waals surface area contributed by atoms with Crippen molar-refractivity contribution < 1.29 is 87.2 Å². The molecule has 4 heterocycles. The summed E-state index contributed by atoms with van der Waals surface area (Å²) in [6.07, 6.45) is -10.7. The van der Waals surface area contributed by atoms with Gasteiger partial charge in [0.15, 0.2) is 0 Å². The van der Waals surface area contributed by atoms with E-state index in [-0.39, 0.29) is 23.6 Å². The highest BCUT2D eigenvalue weighted by molar-refractivity contribution is 6.08. The summed E-state index contributed by atoms with van der Waals surface area (Å²) >= 11 is 0. The summed E-state index contributed by atoms with van der Waals surface area (Å²) in [5, 5.41) is 27.6. The lowest BCUT2D eigenvalue weighted by Crippen LogP contribution is -2.63. The number of carbonyl (C=O) groups is 5. The number of alkyl carbamates (subject to hydrolysis) is 2. The lowest BCUT2D eigenvalue weighted by molar-refractivity contribution is -0.221. The molecular weight excluding hydrogens is 1130 g/mol. The zero-order valence-electron chi connectivity index (χ0n) is 46.3. The number of rotatable bonds is 21. The topological polar surface area (TPSA) is 240 Å². The summed E-state index contributed by atoms with van der Waals surface area (Å²) in [5.41, 5.74) is -4.94. The van der Waals surface area contributed by atoms with Crippen molar-refractivity contribution in [1.82, 2.24) is 41.6 Å². The van der Waals surface area contributed by atoms with Gasteiger partial charge in [-0.05, 0) is 107 Å². The third-order valence-corrected chi connectivity index (χ3v) is 14.9. The van der Waals surface area contributed by atoms with Crippen LogP contribution in [-0.2, 0) is 41.6 Å². The third-order valence-electron chi connectivity index (χ3n) is 14.9. The molecule has 3 saturated heterocycles. The number of benzene rings is 2. The number of halogens is 10. The maximum Gasteiger partial charge on any atom is 0.407 e. The predicted molar refractivity (Wildman–Crippen MR) is 282 cm³/mol. The average Bonchev–Trinajstić information content (AvgIpc) is 2.75. The molecule has 3 fully saturated rings. The normalized spacial score (nSPS) is 18.9. The quantitative estimate of drug-likeness (QED) is 0.0199. The number of hydrazine groups is 1. The molecule has 84 heavy (non-hydrogen) atoms. The number of pyridine rings is 1. The highest BCUT2D eigenvalue weighted by atomic mass is 19.4. The van der Waals surface area contributed by atoms with E-state index in [1.165, 1.54) is 24.3 Å². The number of nitrogens with zero attached hydrogens (tertiary/aromatic N) is 4. The van der Waals surface area contributed by atoms with Crippen molar-refractivity contribution in [2.75, 3.05) is 45.4 Å². The number of alkyl halides is 8. The molecule has 0 spiro atoms. The van der Waals surface area contributed by atoms with Crippen LogP contribution in [0.3, 0.4) is 0 Å². The molecule has 29 heteroatoms. The van der Waals surface area contributed by atoms with E-state index in [4.69, 9.17) is 10.1 Å². The molecule has 0 radical (unpaired) electrons. The number of nitrogens with one attached hydrogen (secondary N) is 6. The lowest BCUT2D eigenvalue weighted by atomic mass is 9.82. The van der Waals surface area contributed by atoms with E-state index in [0.717, 1.165) is 33.5 Å². The second-order valence-electron chi connectivity index (χ2n) is 21.3. The van der Waals surface area contributed by atoms with Crippen LogP contribution in [0.1, 0.15) is 81.2 Å². The predicted octanol–water partition coefficient (Wildman–Crippen LogP) is 6.47. The van der Waals surface area contributed by atoms with E-state index in [0.29, 0.717) is 100 Å². The molecule has 6 rings (SSSR count). The number of hydrogen-bond acceptors (Lipinski definition) is 14. The fourth-order valence-electron chi connectivity index (χ4n) is 9.73. The van der Waals surface area contributed by atoms with Crippen LogP contribution >= 0.6 is 0 Å². The second-order valence-corrected chi connectivity index (χ2v) is 21.3. The Morgan fingerprint density at radius 1 is 0.821 bits per heavy atom. The Kier molecular flexibility index (Phi) is 21.3. The second kappa shape index (κ2) is 27.3. The maximum atomic E-state index is 16.0. The zero-order chi connectivity index (χ0) is 62.1. The average molecular weight is 1200 g/mol. The van der Waals surface area contributed by atoms with Gasteiger partial charge in [-0.3, -0.25) is 19.8 Å². The van der Waals surface area contributed by atoms with Crippen LogP contribution in [0, 0.1) is 39.7 Å². The smallest absolute Gasteiger partial charge is 0.407 e. The first-order chi connectivity index (χ1) is 39.4. The van der Waals surface area contributed by atoms with Crippen LogP contribution in [0.2, 0.25) is 0 Å². The lowest BCUT2D eigenvalue weighted by Gasteiger charge is -2.42. The Balaban J connectivity index is 1.31.